The van der Waals surface area contributed by atoms with Crippen molar-refractivity contribution in [3.05, 3.63) is 29.3 Å². The van der Waals surface area contributed by atoms with E-state index in [1.165, 1.54) is 0 Å². The summed E-state index contributed by atoms with van der Waals surface area (Å²) in [6.07, 6.45) is 1.88. The number of nitrogen functional groups attached to an aromatic ring is 1. The van der Waals surface area contributed by atoms with Gasteiger partial charge in [-0.1, -0.05) is 11.6 Å². The van der Waals surface area contributed by atoms with Gasteiger partial charge in [-0.3, -0.25) is 0 Å². The van der Waals surface area contributed by atoms with Crippen LogP contribution in [-0.2, 0) is 0 Å². The lowest BCUT2D eigenvalue weighted by Gasteiger charge is -2.08. The lowest BCUT2D eigenvalue weighted by molar-refractivity contribution is 0.608. The predicted molar refractivity (Wildman–Crippen MR) is 62.1 cm³/mol. The highest BCUT2D eigenvalue weighted by atomic mass is 35.5. The second kappa shape index (κ2) is 3.72. The van der Waals surface area contributed by atoms with Crippen LogP contribution in [0.1, 0.15) is 18.8 Å². The molecule has 0 amide bonds. The van der Waals surface area contributed by atoms with Crippen LogP contribution in [0.3, 0.4) is 0 Å². The molecule has 0 saturated heterocycles. The fourth-order valence-electron chi connectivity index (χ4n) is 1.52. The van der Waals surface area contributed by atoms with Crippen LogP contribution in [0, 0.1) is 0 Å². The molecule has 0 bridgehead atoms. The molecule has 0 aromatic carbocycles. The van der Waals surface area contributed by atoms with E-state index in [1.807, 2.05) is 36.7 Å². The molecular weight excluding hydrogens is 212 g/mol. The van der Waals surface area contributed by atoms with E-state index in [-0.39, 0.29) is 6.04 Å². The van der Waals surface area contributed by atoms with Crippen molar-refractivity contribution >= 4 is 22.8 Å². The van der Waals surface area contributed by atoms with Crippen molar-refractivity contribution < 1.29 is 0 Å². The molecule has 1 unspecified atom stereocenters. The van der Waals surface area contributed by atoms with Gasteiger partial charge in [0.1, 0.15) is 5.82 Å². The van der Waals surface area contributed by atoms with Gasteiger partial charge in [0.2, 0.25) is 0 Å². The first-order valence-corrected chi connectivity index (χ1v) is 5.11. The first kappa shape index (κ1) is 10.3. The number of nitrogens with one attached hydrogen (secondary N) is 1. The van der Waals surface area contributed by atoms with Gasteiger partial charge >= 0.3 is 0 Å². The van der Waals surface area contributed by atoms with Gasteiger partial charge < -0.3 is 15.5 Å². The number of pyridine rings is 1. The van der Waals surface area contributed by atoms with Crippen LogP contribution in [0.15, 0.2) is 18.3 Å². The van der Waals surface area contributed by atoms with Gasteiger partial charge in [-0.2, -0.15) is 0 Å². The van der Waals surface area contributed by atoms with Crippen molar-refractivity contribution in [3.8, 4) is 0 Å². The number of nitrogens with zero attached hydrogens (tertiary/aromatic N) is 2. The Morgan fingerprint density at radius 2 is 2.33 bits per heavy atom. The minimum atomic E-state index is 0.147. The van der Waals surface area contributed by atoms with Gasteiger partial charge in [0.25, 0.3) is 0 Å². The summed E-state index contributed by atoms with van der Waals surface area (Å²) < 4.78 is 1.94. The van der Waals surface area contributed by atoms with Crippen molar-refractivity contribution in [2.45, 2.75) is 13.0 Å². The second-order valence-corrected chi connectivity index (χ2v) is 3.84. The quantitative estimate of drug-likeness (QED) is 0.819. The highest BCUT2D eigenvalue weighted by Gasteiger charge is 2.13. The summed E-state index contributed by atoms with van der Waals surface area (Å²) in [5, 5.41) is 3.61. The lowest BCUT2D eigenvalue weighted by atomic mass is 10.3. The third kappa shape index (κ3) is 1.66. The Hall–Kier alpha value is -1.26. The maximum atomic E-state index is 6.04. The van der Waals surface area contributed by atoms with E-state index in [0.29, 0.717) is 10.8 Å². The van der Waals surface area contributed by atoms with Crippen LogP contribution >= 0.6 is 11.6 Å². The molecule has 15 heavy (non-hydrogen) atoms. The Bertz CT molecular complexity index is 491. The molecule has 0 aliphatic carbocycles. The molecule has 0 spiro atoms. The molecular formula is C10H13ClN4. The monoisotopic (exact) mass is 224 g/mol. The number of hydrogen-bond acceptors (Lipinski definition) is 3. The largest absolute Gasteiger partial charge is 0.399 e. The molecule has 2 aromatic rings. The van der Waals surface area contributed by atoms with Gasteiger partial charge in [0, 0.05) is 11.9 Å². The highest BCUT2D eigenvalue weighted by molar-refractivity contribution is 6.32. The number of halogens is 1. The molecule has 4 nitrogen and oxygen atoms in total. The molecule has 5 heteroatoms. The maximum absolute atomic E-state index is 6.04. The molecule has 2 rings (SSSR count). The molecule has 2 aromatic heterocycles. The van der Waals surface area contributed by atoms with Crippen LogP contribution < -0.4 is 11.1 Å². The molecule has 0 saturated carbocycles. The van der Waals surface area contributed by atoms with Crippen molar-refractivity contribution in [1.82, 2.24) is 14.7 Å². The van der Waals surface area contributed by atoms with E-state index < -0.39 is 0 Å². The minimum Gasteiger partial charge on any atom is -0.399 e. The Morgan fingerprint density at radius 1 is 1.60 bits per heavy atom. The SMILES string of the molecule is CNC(C)c1nc(Cl)c2cc(N)ccn12. The van der Waals surface area contributed by atoms with Crippen LogP contribution in [-0.4, -0.2) is 16.4 Å². The van der Waals surface area contributed by atoms with Crippen LogP contribution in [0.25, 0.3) is 5.52 Å². The number of rotatable bonds is 2. The number of nitrogens with two attached hydrogens (primary N) is 1. The minimum absolute atomic E-state index is 0.147. The van der Waals surface area contributed by atoms with Crippen molar-refractivity contribution in [2.75, 3.05) is 12.8 Å². The van der Waals surface area contributed by atoms with Gasteiger partial charge in [-0.25, -0.2) is 4.98 Å². The Morgan fingerprint density at radius 3 is 3.00 bits per heavy atom. The first-order valence-electron chi connectivity index (χ1n) is 4.73. The Kier molecular flexibility index (Phi) is 2.54. The van der Waals surface area contributed by atoms with Crippen LogP contribution in [0.4, 0.5) is 5.69 Å². The summed E-state index contributed by atoms with van der Waals surface area (Å²) in [6, 6.07) is 3.80. The summed E-state index contributed by atoms with van der Waals surface area (Å²) in [7, 11) is 1.89. The molecule has 0 aliphatic rings. The number of imidazole rings is 1. The Labute approximate surface area is 93.1 Å². The van der Waals surface area contributed by atoms with Crippen molar-refractivity contribution in [2.24, 2.45) is 0 Å². The summed E-state index contributed by atoms with van der Waals surface area (Å²) in [4.78, 5) is 4.31. The first-order chi connectivity index (χ1) is 7.13. The van der Waals surface area contributed by atoms with Crippen molar-refractivity contribution in [3.63, 3.8) is 0 Å². The normalized spacial score (nSPS) is 13.3. The lowest BCUT2D eigenvalue weighted by Crippen LogP contribution is -2.15. The molecule has 3 N–H and O–H groups in total. The second-order valence-electron chi connectivity index (χ2n) is 3.49. The summed E-state index contributed by atoms with van der Waals surface area (Å²) in [5.74, 6) is 0.887. The molecule has 0 aliphatic heterocycles. The third-order valence-corrected chi connectivity index (χ3v) is 2.75. The topological polar surface area (TPSA) is 55.3 Å². The number of aromatic nitrogens is 2. The molecule has 0 radical (unpaired) electrons. The fraction of sp³-hybridized carbons (Fsp3) is 0.300. The fourth-order valence-corrected chi connectivity index (χ4v) is 1.75. The smallest absolute Gasteiger partial charge is 0.155 e. The molecule has 80 valence electrons. The number of anilines is 1. The zero-order valence-electron chi connectivity index (χ0n) is 8.66. The standard InChI is InChI=1S/C10H13ClN4/c1-6(13-2)10-14-9(11)8-5-7(12)3-4-15(8)10/h3-6,13H,12H2,1-2H3. The van der Waals surface area contributed by atoms with E-state index in [0.717, 1.165) is 11.3 Å². The van der Waals surface area contributed by atoms with Gasteiger partial charge in [-0.05, 0) is 26.1 Å². The van der Waals surface area contributed by atoms with Gasteiger partial charge in [-0.15, -0.1) is 0 Å². The zero-order valence-corrected chi connectivity index (χ0v) is 9.42. The maximum Gasteiger partial charge on any atom is 0.155 e. The van der Waals surface area contributed by atoms with Gasteiger partial charge in [0.05, 0.1) is 11.6 Å². The zero-order chi connectivity index (χ0) is 11.0. The average molecular weight is 225 g/mol. The molecule has 2 heterocycles. The van der Waals surface area contributed by atoms with E-state index in [9.17, 15) is 0 Å². The van der Waals surface area contributed by atoms with E-state index in [4.69, 9.17) is 17.3 Å². The highest BCUT2D eigenvalue weighted by Crippen LogP contribution is 2.23. The Balaban J connectivity index is 2.68. The summed E-state index contributed by atoms with van der Waals surface area (Å²) >= 11 is 6.04. The summed E-state index contributed by atoms with van der Waals surface area (Å²) in [6.45, 7) is 2.03. The molecule has 1 atom stereocenters. The summed E-state index contributed by atoms with van der Waals surface area (Å²) in [5.41, 5.74) is 7.22. The van der Waals surface area contributed by atoms with E-state index in [2.05, 4.69) is 10.3 Å². The van der Waals surface area contributed by atoms with Crippen LogP contribution in [0.2, 0.25) is 5.15 Å². The van der Waals surface area contributed by atoms with E-state index >= 15 is 0 Å². The number of fused-ring (bicyclic) bond motifs is 1. The third-order valence-electron chi connectivity index (χ3n) is 2.47. The van der Waals surface area contributed by atoms with E-state index in [1.54, 1.807) is 0 Å². The predicted octanol–water partition coefficient (Wildman–Crippen LogP) is 1.85. The number of hydrogen-bond donors (Lipinski definition) is 2. The molecule has 0 fully saturated rings. The van der Waals surface area contributed by atoms with Crippen molar-refractivity contribution in [1.29, 1.82) is 0 Å². The van der Waals surface area contributed by atoms with Crippen LogP contribution in [0.5, 0.6) is 0 Å². The van der Waals surface area contributed by atoms with Gasteiger partial charge in [0.15, 0.2) is 5.15 Å². The average Bonchev–Trinajstić information content (AvgIpc) is 2.55.